The van der Waals surface area contributed by atoms with E-state index in [1.54, 1.807) is 22.9 Å². The summed E-state index contributed by atoms with van der Waals surface area (Å²) in [6.45, 7) is 5.24. The molecule has 0 bridgehead atoms. The third-order valence-corrected chi connectivity index (χ3v) is 4.39. The molecule has 9 nitrogen and oxygen atoms in total. The molecule has 1 aliphatic heterocycles. The highest BCUT2D eigenvalue weighted by atomic mass is 16.5. The Bertz CT molecular complexity index is 863. The summed E-state index contributed by atoms with van der Waals surface area (Å²) in [6.07, 6.45) is 0.697. The summed E-state index contributed by atoms with van der Waals surface area (Å²) >= 11 is 0. The number of hydrogen-bond acceptors (Lipinski definition) is 6. The van der Waals surface area contributed by atoms with Crippen LogP contribution in [0.15, 0.2) is 18.2 Å². The lowest BCUT2D eigenvalue weighted by Gasteiger charge is -2.28. The number of ether oxygens (including phenoxy) is 2. The molecule has 0 saturated carbocycles. The Balaban J connectivity index is 1.90. The number of methoxy groups -OCH3 is 2. The first-order valence-corrected chi connectivity index (χ1v) is 8.77. The number of hydrazine groups is 1. The Morgan fingerprint density at radius 3 is 2.44 bits per heavy atom. The Hall–Kier alpha value is -3.10. The summed E-state index contributed by atoms with van der Waals surface area (Å²) in [5.41, 5.74) is 1.51. The zero-order chi connectivity index (χ0) is 19.6. The summed E-state index contributed by atoms with van der Waals surface area (Å²) in [5.74, 6) is -0.0796. The van der Waals surface area contributed by atoms with Crippen molar-refractivity contribution in [2.75, 3.05) is 27.3 Å². The van der Waals surface area contributed by atoms with Crippen LogP contribution in [0, 0.1) is 6.92 Å². The zero-order valence-electron chi connectivity index (χ0n) is 15.9. The second kappa shape index (κ2) is 7.65. The average molecular weight is 373 g/mol. The molecule has 1 saturated heterocycles. The predicted octanol–water partition coefficient (Wildman–Crippen LogP) is 1.53. The van der Waals surface area contributed by atoms with Crippen molar-refractivity contribution in [1.29, 1.82) is 0 Å². The van der Waals surface area contributed by atoms with Gasteiger partial charge in [0.25, 0.3) is 11.8 Å². The quantitative estimate of drug-likeness (QED) is 0.790. The molecule has 3 rings (SSSR count). The average Bonchev–Trinajstić information content (AvgIpc) is 3.32. The maximum Gasteiger partial charge on any atom is 0.290 e. The first-order chi connectivity index (χ1) is 13.0. The van der Waals surface area contributed by atoms with Gasteiger partial charge >= 0.3 is 0 Å². The molecule has 0 N–H and O–H groups in total. The van der Waals surface area contributed by atoms with Crippen LogP contribution in [0.25, 0.3) is 0 Å². The number of aryl methyl sites for hydroxylation is 2. The van der Waals surface area contributed by atoms with E-state index in [2.05, 4.69) is 10.1 Å². The summed E-state index contributed by atoms with van der Waals surface area (Å²) in [4.78, 5) is 30.3. The molecule has 1 aliphatic rings. The van der Waals surface area contributed by atoms with Gasteiger partial charge in [0.1, 0.15) is 11.3 Å². The number of hydrogen-bond donors (Lipinski definition) is 0. The number of nitrogens with zero attached hydrogens (tertiary/aromatic N) is 5. The maximum absolute atomic E-state index is 13.1. The van der Waals surface area contributed by atoms with E-state index in [4.69, 9.17) is 9.47 Å². The molecule has 9 heteroatoms. The van der Waals surface area contributed by atoms with Gasteiger partial charge in [0.05, 0.1) is 19.9 Å². The van der Waals surface area contributed by atoms with Gasteiger partial charge in [-0.05, 0) is 32.4 Å². The van der Waals surface area contributed by atoms with Gasteiger partial charge in [-0.25, -0.2) is 10.0 Å². The molecule has 0 aliphatic carbocycles. The van der Waals surface area contributed by atoms with Gasteiger partial charge in [0, 0.05) is 25.7 Å². The molecule has 1 fully saturated rings. The van der Waals surface area contributed by atoms with Crippen molar-refractivity contribution in [3.05, 3.63) is 35.2 Å². The predicted molar refractivity (Wildman–Crippen MR) is 96.7 cm³/mol. The first kappa shape index (κ1) is 18.7. The Morgan fingerprint density at radius 2 is 1.81 bits per heavy atom. The summed E-state index contributed by atoms with van der Waals surface area (Å²) in [6, 6.07) is 4.92. The van der Waals surface area contributed by atoms with Crippen molar-refractivity contribution in [3.63, 3.8) is 0 Å². The minimum Gasteiger partial charge on any atom is -0.481 e. The molecule has 0 spiro atoms. The van der Waals surface area contributed by atoms with Crippen LogP contribution in [0.4, 0.5) is 0 Å². The topological polar surface area (TPSA) is 89.8 Å². The van der Waals surface area contributed by atoms with E-state index in [1.807, 2.05) is 13.8 Å². The molecule has 2 amide bonds. The van der Waals surface area contributed by atoms with Crippen molar-refractivity contribution in [3.8, 4) is 11.8 Å². The summed E-state index contributed by atoms with van der Waals surface area (Å²) in [5, 5.41) is 7.23. The number of carbonyl (C=O) groups is 2. The van der Waals surface area contributed by atoms with E-state index in [-0.39, 0.29) is 23.3 Å². The van der Waals surface area contributed by atoms with Gasteiger partial charge in [0.2, 0.25) is 11.8 Å². The third-order valence-electron chi connectivity index (χ3n) is 4.39. The van der Waals surface area contributed by atoms with Gasteiger partial charge in [-0.1, -0.05) is 0 Å². The lowest BCUT2D eigenvalue weighted by molar-refractivity contribution is 0.0176. The highest BCUT2D eigenvalue weighted by Gasteiger charge is 2.34. The summed E-state index contributed by atoms with van der Waals surface area (Å²) < 4.78 is 12.0. The van der Waals surface area contributed by atoms with E-state index >= 15 is 0 Å². The molecular weight excluding hydrogens is 350 g/mol. The number of rotatable bonds is 5. The Morgan fingerprint density at radius 1 is 1.11 bits per heavy atom. The number of carbonyl (C=O) groups excluding carboxylic acids is 2. The van der Waals surface area contributed by atoms with Crippen LogP contribution >= 0.6 is 0 Å². The molecule has 144 valence electrons. The van der Waals surface area contributed by atoms with Gasteiger partial charge < -0.3 is 9.47 Å². The molecule has 27 heavy (non-hydrogen) atoms. The van der Waals surface area contributed by atoms with Crippen molar-refractivity contribution < 1.29 is 19.1 Å². The van der Waals surface area contributed by atoms with Gasteiger partial charge in [-0.3, -0.25) is 14.3 Å². The summed E-state index contributed by atoms with van der Waals surface area (Å²) in [7, 11) is 2.93. The number of amides is 2. The normalized spacial score (nSPS) is 13.8. The first-order valence-electron chi connectivity index (χ1n) is 8.77. The van der Waals surface area contributed by atoms with Gasteiger partial charge in [0.15, 0.2) is 0 Å². The van der Waals surface area contributed by atoms with Crippen LogP contribution < -0.4 is 9.47 Å². The lowest BCUT2D eigenvalue weighted by atomic mass is 10.2. The minimum atomic E-state index is -0.341. The van der Waals surface area contributed by atoms with Crippen LogP contribution in [0.2, 0.25) is 0 Å². The molecule has 2 aromatic heterocycles. The monoisotopic (exact) mass is 373 g/mol. The number of aromatic nitrogens is 3. The smallest absolute Gasteiger partial charge is 0.290 e. The molecule has 2 aromatic rings. The molecule has 0 unspecified atom stereocenters. The molecular formula is C18H23N5O4. The fourth-order valence-corrected chi connectivity index (χ4v) is 3.12. The second-order valence-corrected chi connectivity index (χ2v) is 6.11. The highest BCUT2D eigenvalue weighted by Crippen LogP contribution is 2.25. The lowest BCUT2D eigenvalue weighted by Crippen LogP contribution is -2.45. The van der Waals surface area contributed by atoms with Crippen LogP contribution in [-0.2, 0) is 6.54 Å². The van der Waals surface area contributed by atoms with E-state index in [0.717, 1.165) is 5.69 Å². The minimum absolute atomic E-state index is 0.160. The Kier molecular flexibility index (Phi) is 5.29. The van der Waals surface area contributed by atoms with Crippen LogP contribution in [0.5, 0.6) is 11.8 Å². The SMILES string of the molecule is CCn1nc(C)cc1C(=O)N1CCCN1C(=O)c1ccc(OC)nc1OC. The third kappa shape index (κ3) is 3.44. The van der Waals surface area contributed by atoms with Crippen LogP contribution in [0.1, 0.15) is 39.9 Å². The van der Waals surface area contributed by atoms with Gasteiger partial charge in [-0.15, -0.1) is 0 Å². The van der Waals surface area contributed by atoms with E-state index < -0.39 is 0 Å². The standard InChI is InChI=1S/C18H23N5O4/c1-5-21-14(11-12(2)20-21)18(25)23-10-6-9-22(23)17(24)13-7-8-15(26-3)19-16(13)27-4/h7-8,11H,5-6,9-10H2,1-4H3. The largest absolute Gasteiger partial charge is 0.481 e. The molecule has 3 heterocycles. The zero-order valence-corrected chi connectivity index (χ0v) is 15.9. The van der Waals surface area contributed by atoms with E-state index in [0.29, 0.717) is 37.6 Å². The van der Waals surface area contributed by atoms with Gasteiger partial charge in [-0.2, -0.15) is 10.1 Å². The number of pyridine rings is 1. The second-order valence-electron chi connectivity index (χ2n) is 6.11. The van der Waals surface area contributed by atoms with Crippen molar-refractivity contribution >= 4 is 11.8 Å². The fraction of sp³-hybridized carbons (Fsp3) is 0.444. The fourth-order valence-electron chi connectivity index (χ4n) is 3.12. The van der Waals surface area contributed by atoms with Crippen LogP contribution in [0.3, 0.4) is 0 Å². The van der Waals surface area contributed by atoms with E-state index in [9.17, 15) is 9.59 Å². The molecule has 0 atom stereocenters. The van der Waals surface area contributed by atoms with Crippen LogP contribution in [-0.4, -0.2) is 63.9 Å². The van der Waals surface area contributed by atoms with Crippen molar-refractivity contribution in [1.82, 2.24) is 24.8 Å². The molecule has 0 radical (unpaired) electrons. The van der Waals surface area contributed by atoms with Crippen molar-refractivity contribution in [2.45, 2.75) is 26.8 Å². The maximum atomic E-state index is 13.1. The highest BCUT2D eigenvalue weighted by molar-refractivity contribution is 6.00. The van der Waals surface area contributed by atoms with E-state index in [1.165, 1.54) is 24.2 Å². The molecule has 0 aromatic carbocycles. The Labute approximate surface area is 157 Å². The van der Waals surface area contributed by atoms with Crippen molar-refractivity contribution in [2.24, 2.45) is 0 Å².